The fourth-order valence-electron chi connectivity index (χ4n) is 3.25. The lowest BCUT2D eigenvalue weighted by Gasteiger charge is -2.34. The van der Waals surface area contributed by atoms with Crippen molar-refractivity contribution < 1.29 is 15.0 Å². The molecule has 0 aliphatic heterocycles. The maximum absolute atomic E-state index is 12.3. The van der Waals surface area contributed by atoms with Gasteiger partial charge in [-0.05, 0) is 48.9 Å². The molecule has 1 atom stereocenters. The Morgan fingerprint density at radius 1 is 1.22 bits per heavy atom. The van der Waals surface area contributed by atoms with Gasteiger partial charge in [0.15, 0.2) is 0 Å². The average Bonchev–Trinajstić information content (AvgIpc) is 2.56. The number of phenols is 1. The van der Waals surface area contributed by atoms with E-state index in [2.05, 4.69) is 5.32 Å². The maximum Gasteiger partial charge on any atom is 0.255 e. The Balaban J connectivity index is 1.78. The van der Waals surface area contributed by atoms with Gasteiger partial charge in [-0.1, -0.05) is 36.4 Å². The molecule has 4 heteroatoms. The molecule has 4 nitrogen and oxygen atoms in total. The zero-order valence-electron chi connectivity index (χ0n) is 13.2. The van der Waals surface area contributed by atoms with Crippen LogP contribution in [0.2, 0.25) is 0 Å². The van der Waals surface area contributed by atoms with Gasteiger partial charge in [0.1, 0.15) is 11.4 Å². The molecule has 1 amide bonds. The van der Waals surface area contributed by atoms with Gasteiger partial charge in [-0.3, -0.25) is 4.79 Å². The van der Waals surface area contributed by atoms with Crippen molar-refractivity contribution >= 4 is 5.91 Å². The Bertz CT molecular complexity index is 741. The van der Waals surface area contributed by atoms with E-state index in [0.29, 0.717) is 12.0 Å². The van der Waals surface area contributed by atoms with E-state index in [1.165, 1.54) is 0 Å². The van der Waals surface area contributed by atoms with Crippen LogP contribution in [-0.2, 0) is 12.0 Å². The molecule has 0 saturated carbocycles. The summed E-state index contributed by atoms with van der Waals surface area (Å²) in [7, 11) is 0. The van der Waals surface area contributed by atoms with Gasteiger partial charge in [0.25, 0.3) is 5.91 Å². The molecule has 2 aromatic carbocycles. The molecule has 1 aliphatic carbocycles. The summed E-state index contributed by atoms with van der Waals surface area (Å²) in [6, 6.07) is 12.9. The summed E-state index contributed by atoms with van der Waals surface area (Å²) < 4.78 is 0. The highest BCUT2D eigenvalue weighted by atomic mass is 16.3. The number of rotatable bonds is 3. The summed E-state index contributed by atoms with van der Waals surface area (Å²) in [6.07, 6.45) is 2.45. The summed E-state index contributed by atoms with van der Waals surface area (Å²) in [5, 5.41) is 23.7. The number of aromatic hydroxyl groups is 1. The lowest BCUT2D eigenvalue weighted by Crippen LogP contribution is -2.43. The molecule has 0 heterocycles. The molecule has 120 valence electrons. The van der Waals surface area contributed by atoms with Crippen LogP contribution in [-0.4, -0.2) is 22.7 Å². The summed E-state index contributed by atoms with van der Waals surface area (Å²) in [6.45, 7) is 1.88. The Morgan fingerprint density at radius 2 is 2.00 bits per heavy atom. The fourth-order valence-corrected chi connectivity index (χ4v) is 3.25. The molecule has 3 N–H and O–H groups in total. The third kappa shape index (κ3) is 2.94. The van der Waals surface area contributed by atoms with E-state index in [4.69, 9.17) is 0 Å². The van der Waals surface area contributed by atoms with E-state index in [9.17, 15) is 15.0 Å². The number of benzene rings is 2. The smallest absolute Gasteiger partial charge is 0.255 e. The third-order valence-corrected chi connectivity index (χ3v) is 4.58. The summed E-state index contributed by atoms with van der Waals surface area (Å²) in [5.74, 6) is -0.385. The van der Waals surface area contributed by atoms with Crippen molar-refractivity contribution in [3.8, 4) is 5.75 Å². The van der Waals surface area contributed by atoms with E-state index < -0.39 is 5.60 Å². The standard InChI is InChI=1S/C19H21NO3/c1-13-6-4-9-15(17(13)21)18(22)20-12-19(23)11-5-8-14-7-2-3-10-16(14)19/h2-4,6-7,9-10,21,23H,5,8,11-12H2,1H3,(H,20,22). The number of aryl methyl sites for hydroxylation is 2. The van der Waals surface area contributed by atoms with E-state index in [1.54, 1.807) is 25.1 Å². The van der Waals surface area contributed by atoms with Crippen molar-refractivity contribution in [1.29, 1.82) is 0 Å². The molecule has 0 radical (unpaired) electrons. The number of para-hydroxylation sites is 1. The van der Waals surface area contributed by atoms with Crippen LogP contribution in [0.1, 0.15) is 39.9 Å². The molecular weight excluding hydrogens is 290 g/mol. The molecule has 0 fully saturated rings. The van der Waals surface area contributed by atoms with Gasteiger partial charge in [0.05, 0.1) is 12.1 Å². The minimum atomic E-state index is -1.05. The predicted octanol–water partition coefficient (Wildman–Crippen LogP) is 2.65. The maximum atomic E-state index is 12.3. The second-order valence-electron chi connectivity index (χ2n) is 6.20. The highest BCUT2D eigenvalue weighted by molar-refractivity contribution is 5.97. The molecular formula is C19H21NO3. The van der Waals surface area contributed by atoms with Gasteiger partial charge in [-0.2, -0.15) is 0 Å². The second-order valence-corrected chi connectivity index (χ2v) is 6.20. The number of carbonyl (C=O) groups is 1. The van der Waals surface area contributed by atoms with Gasteiger partial charge in [0, 0.05) is 0 Å². The predicted molar refractivity (Wildman–Crippen MR) is 88.5 cm³/mol. The van der Waals surface area contributed by atoms with E-state index in [0.717, 1.165) is 24.0 Å². The van der Waals surface area contributed by atoms with Crippen LogP contribution in [0.4, 0.5) is 0 Å². The molecule has 1 unspecified atom stereocenters. The van der Waals surface area contributed by atoms with Crippen LogP contribution in [0.5, 0.6) is 5.75 Å². The van der Waals surface area contributed by atoms with Crippen LogP contribution < -0.4 is 5.32 Å². The Hall–Kier alpha value is -2.33. The molecule has 0 saturated heterocycles. The summed E-state index contributed by atoms with van der Waals surface area (Å²) in [4.78, 5) is 12.3. The molecule has 3 rings (SSSR count). The number of nitrogens with one attached hydrogen (secondary N) is 1. The van der Waals surface area contributed by atoms with Gasteiger partial charge in [0.2, 0.25) is 0 Å². The van der Waals surface area contributed by atoms with Crippen molar-refractivity contribution in [1.82, 2.24) is 5.32 Å². The number of phenolic OH excluding ortho intramolecular Hbond substituents is 1. The van der Waals surface area contributed by atoms with Crippen molar-refractivity contribution in [2.75, 3.05) is 6.54 Å². The van der Waals surface area contributed by atoms with E-state index in [1.807, 2.05) is 24.3 Å². The number of amides is 1. The molecule has 0 bridgehead atoms. The highest BCUT2D eigenvalue weighted by Crippen LogP contribution is 2.34. The number of hydrogen-bond acceptors (Lipinski definition) is 3. The number of fused-ring (bicyclic) bond motifs is 1. The highest BCUT2D eigenvalue weighted by Gasteiger charge is 2.34. The molecule has 1 aliphatic rings. The van der Waals surface area contributed by atoms with E-state index >= 15 is 0 Å². The minimum absolute atomic E-state index is 0.0129. The van der Waals surface area contributed by atoms with Gasteiger partial charge in [-0.15, -0.1) is 0 Å². The van der Waals surface area contributed by atoms with Gasteiger partial charge >= 0.3 is 0 Å². The van der Waals surface area contributed by atoms with Crippen LogP contribution in [0.25, 0.3) is 0 Å². The lowest BCUT2D eigenvalue weighted by atomic mass is 9.79. The van der Waals surface area contributed by atoms with Crippen molar-refractivity contribution in [3.05, 3.63) is 64.7 Å². The minimum Gasteiger partial charge on any atom is -0.507 e. The third-order valence-electron chi connectivity index (χ3n) is 4.58. The Labute approximate surface area is 135 Å². The second kappa shape index (κ2) is 6.05. The summed E-state index contributed by atoms with van der Waals surface area (Å²) in [5.41, 5.74) is 1.86. The zero-order chi connectivity index (χ0) is 16.4. The monoisotopic (exact) mass is 311 g/mol. The first-order valence-corrected chi connectivity index (χ1v) is 7.89. The van der Waals surface area contributed by atoms with Crippen molar-refractivity contribution in [2.45, 2.75) is 31.8 Å². The Kier molecular flexibility index (Phi) is 4.09. The molecule has 0 aromatic heterocycles. The van der Waals surface area contributed by atoms with Crippen LogP contribution in [0, 0.1) is 6.92 Å². The van der Waals surface area contributed by atoms with Gasteiger partial charge in [-0.25, -0.2) is 0 Å². The topological polar surface area (TPSA) is 69.6 Å². The molecule has 0 spiro atoms. The zero-order valence-corrected chi connectivity index (χ0v) is 13.2. The van der Waals surface area contributed by atoms with Crippen LogP contribution >= 0.6 is 0 Å². The van der Waals surface area contributed by atoms with E-state index in [-0.39, 0.29) is 23.8 Å². The molecule has 2 aromatic rings. The number of carbonyl (C=O) groups excluding carboxylic acids is 1. The van der Waals surface area contributed by atoms with Crippen LogP contribution in [0.3, 0.4) is 0 Å². The Morgan fingerprint density at radius 3 is 2.83 bits per heavy atom. The van der Waals surface area contributed by atoms with Crippen molar-refractivity contribution in [2.24, 2.45) is 0 Å². The molecule has 23 heavy (non-hydrogen) atoms. The van der Waals surface area contributed by atoms with Crippen molar-refractivity contribution in [3.63, 3.8) is 0 Å². The average molecular weight is 311 g/mol. The lowest BCUT2D eigenvalue weighted by molar-refractivity contribution is 0.0189. The fraction of sp³-hybridized carbons (Fsp3) is 0.316. The van der Waals surface area contributed by atoms with Crippen LogP contribution in [0.15, 0.2) is 42.5 Å². The first-order chi connectivity index (χ1) is 11.0. The quantitative estimate of drug-likeness (QED) is 0.816. The number of hydrogen-bond donors (Lipinski definition) is 3. The normalized spacial score (nSPS) is 19.9. The summed E-state index contributed by atoms with van der Waals surface area (Å²) >= 11 is 0. The first kappa shape index (κ1) is 15.6. The SMILES string of the molecule is Cc1cccc(C(=O)NCC2(O)CCCc3ccccc32)c1O. The number of aliphatic hydroxyl groups is 1. The largest absolute Gasteiger partial charge is 0.507 e. The first-order valence-electron chi connectivity index (χ1n) is 7.89. The van der Waals surface area contributed by atoms with Gasteiger partial charge < -0.3 is 15.5 Å².